The van der Waals surface area contributed by atoms with Crippen LogP contribution in [0.5, 0.6) is 0 Å². The smallest absolute Gasteiger partial charge is 0.132 e. The predicted molar refractivity (Wildman–Crippen MR) is 86.9 cm³/mol. The van der Waals surface area contributed by atoms with Crippen molar-refractivity contribution in [3.05, 3.63) is 35.5 Å². The predicted octanol–water partition coefficient (Wildman–Crippen LogP) is 4.13. The number of aromatic nitrogens is 1. The minimum atomic E-state index is 0.386. The quantitative estimate of drug-likeness (QED) is 0.583. The van der Waals surface area contributed by atoms with Crippen molar-refractivity contribution >= 4 is 39.3 Å². The molecular formula is C16H15IN2O. The van der Waals surface area contributed by atoms with Gasteiger partial charge in [-0.2, -0.15) is 5.26 Å². The van der Waals surface area contributed by atoms with Gasteiger partial charge in [0.2, 0.25) is 0 Å². The number of fused-ring (bicyclic) bond motifs is 1. The normalized spacial score (nSPS) is 16.5. The molecule has 0 atom stereocenters. The molecule has 0 radical (unpaired) electrons. The minimum Gasteiger partial charge on any atom is -0.338 e. The number of nitrogens with zero attached hydrogens (tertiary/aromatic N) is 2. The van der Waals surface area contributed by atoms with Gasteiger partial charge in [-0.25, -0.2) is 0 Å². The summed E-state index contributed by atoms with van der Waals surface area (Å²) in [4.78, 5) is 11.4. The van der Waals surface area contributed by atoms with Gasteiger partial charge in [-0.15, -0.1) is 0 Å². The Morgan fingerprint density at radius 2 is 2.10 bits per heavy atom. The molecule has 0 saturated heterocycles. The summed E-state index contributed by atoms with van der Waals surface area (Å²) in [6.45, 7) is 0. The van der Waals surface area contributed by atoms with E-state index in [4.69, 9.17) is 5.26 Å². The van der Waals surface area contributed by atoms with Crippen LogP contribution in [0.2, 0.25) is 0 Å². The summed E-state index contributed by atoms with van der Waals surface area (Å²) >= 11 is 2.35. The van der Waals surface area contributed by atoms with E-state index in [9.17, 15) is 4.79 Å². The van der Waals surface area contributed by atoms with Gasteiger partial charge in [-0.1, -0.05) is 22.6 Å². The molecular weight excluding hydrogens is 363 g/mol. The van der Waals surface area contributed by atoms with Gasteiger partial charge >= 0.3 is 0 Å². The van der Waals surface area contributed by atoms with E-state index >= 15 is 0 Å². The average Bonchev–Trinajstić information content (AvgIpc) is 2.86. The standard InChI is InChI=1S/C16H15IN2O/c17-10-19-9-15(12-2-4-13(20)5-3-12)14-7-11(8-18)1-6-16(14)19/h1,6-7,9,12H,2-5,10H2. The van der Waals surface area contributed by atoms with Gasteiger partial charge in [0.05, 0.1) is 16.2 Å². The van der Waals surface area contributed by atoms with Crippen molar-refractivity contribution < 1.29 is 4.79 Å². The van der Waals surface area contributed by atoms with Gasteiger partial charge in [0.25, 0.3) is 0 Å². The van der Waals surface area contributed by atoms with Crippen LogP contribution in [0.3, 0.4) is 0 Å². The summed E-state index contributed by atoms with van der Waals surface area (Å²) in [7, 11) is 0. The largest absolute Gasteiger partial charge is 0.338 e. The summed E-state index contributed by atoms with van der Waals surface area (Å²) in [5.74, 6) is 0.838. The Labute approximate surface area is 131 Å². The van der Waals surface area contributed by atoms with Crippen molar-refractivity contribution in [2.45, 2.75) is 36.2 Å². The van der Waals surface area contributed by atoms with Gasteiger partial charge in [-0.05, 0) is 42.5 Å². The first-order chi connectivity index (χ1) is 9.72. The Balaban J connectivity index is 2.09. The van der Waals surface area contributed by atoms with E-state index in [0.717, 1.165) is 17.4 Å². The monoisotopic (exact) mass is 378 g/mol. The molecule has 0 aliphatic heterocycles. The summed E-state index contributed by atoms with van der Waals surface area (Å²) in [5, 5.41) is 10.3. The lowest BCUT2D eigenvalue weighted by molar-refractivity contribution is -0.120. The molecule has 0 N–H and O–H groups in total. The maximum absolute atomic E-state index is 11.4. The highest BCUT2D eigenvalue weighted by molar-refractivity contribution is 14.1. The van der Waals surface area contributed by atoms with Crippen LogP contribution in [-0.2, 0) is 9.35 Å². The lowest BCUT2D eigenvalue weighted by Crippen LogP contribution is -2.12. The number of nitriles is 1. The van der Waals surface area contributed by atoms with E-state index in [-0.39, 0.29) is 0 Å². The van der Waals surface area contributed by atoms with Crippen LogP contribution in [0.25, 0.3) is 10.9 Å². The molecule has 1 aliphatic rings. The molecule has 0 unspecified atom stereocenters. The summed E-state index contributed by atoms with van der Waals surface area (Å²) < 4.78 is 3.12. The van der Waals surface area contributed by atoms with Crippen LogP contribution in [0.15, 0.2) is 24.4 Å². The number of Topliss-reactive ketones (excluding diaryl/α,β-unsaturated/α-hetero) is 1. The maximum Gasteiger partial charge on any atom is 0.132 e. The van der Waals surface area contributed by atoms with Crippen LogP contribution in [0.4, 0.5) is 0 Å². The van der Waals surface area contributed by atoms with Gasteiger partial charge < -0.3 is 4.57 Å². The van der Waals surface area contributed by atoms with E-state index in [0.29, 0.717) is 30.1 Å². The van der Waals surface area contributed by atoms with Crippen molar-refractivity contribution in [1.82, 2.24) is 4.57 Å². The lowest BCUT2D eigenvalue weighted by atomic mass is 9.83. The van der Waals surface area contributed by atoms with Gasteiger partial charge in [0.1, 0.15) is 5.78 Å². The number of hydrogen-bond acceptors (Lipinski definition) is 2. The Morgan fingerprint density at radius 3 is 2.75 bits per heavy atom. The average molecular weight is 378 g/mol. The molecule has 3 nitrogen and oxygen atoms in total. The second kappa shape index (κ2) is 5.57. The number of halogens is 1. The SMILES string of the molecule is N#Cc1ccc2c(c1)c(C1CCC(=O)CC1)cn2CI. The van der Waals surface area contributed by atoms with E-state index < -0.39 is 0 Å². The molecule has 3 rings (SSSR count). The topological polar surface area (TPSA) is 45.8 Å². The lowest BCUT2D eigenvalue weighted by Gasteiger charge is -2.20. The highest BCUT2D eigenvalue weighted by Crippen LogP contribution is 2.37. The van der Waals surface area contributed by atoms with Crippen LogP contribution in [0.1, 0.15) is 42.7 Å². The fraction of sp³-hybridized carbons (Fsp3) is 0.375. The van der Waals surface area contributed by atoms with Gasteiger partial charge in [0, 0.05) is 29.9 Å². The van der Waals surface area contributed by atoms with Crippen LogP contribution in [0, 0.1) is 11.3 Å². The van der Waals surface area contributed by atoms with E-state index in [1.165, 1.54) is 16.5 Å². The highest BCUT2D eigenvalue weighted by atomic mass is 127. The Hall–Kier alpha value is -1.35. The maximum atomic E-state index is 11.4. The fourth-order valence-corrected chi connectivity index (χ4v) is 3.63. The molecule has 4 heteroatoms. The summed E-state index contributed by atoms with van der Waals surface area (Å²) in [6, 6.07) is 8.11. The molecule has 1 aliphatic carbocycles. The third-order valence-electron chi connectivity index (χ3n) is 4.15. The second-order valence-corrected chi connectivity index (χ2v) is 6.01. The molecule has 1 aromatic carbocycles. The summed E-state index contributed by atoms with van der Waals surface area (Å²) in [5.41, 5.74) is 3.20. The molecule has 1 saturated carbocycles. The molecule has 0 spiro atoms. The Bertz CT molecular complexity index is 701. The molecule has 1 heterocycles. The van der Waals surface area contributed by atoms with E-state index in [2.05, 4.69) is 39.4 Å². The molecule has 20 heavy (non-hydrogen) atoms. The number of carbonyl (C=O) groups is 1. The second-order valence-electron chi connectivity index (χ2n) is 5.33. The number of rotatable bonds is 2. The minimum absolute atomic E-state index is 0.386. The van der Waals surface area contributed by atoms with Crippen molar-refractivity contribution in [2.75, 3.05) is 0 Å². The first kappa shape index (κ1) is 13.6. The molecule has 1 fully saturated rings. The van der Waals surface area contributed by atoms with E-state index in [1.807, 2.05) is 18.2 Å². The van der Waals surface area contributed by atoms with Crippen LogP contribution in [-0.4, -0.2) is 10.4 Å². The number of alkyl halides is 1. The van der Waals surface area contributed by atoms with E-state index in [1.54, 1.807) is 0 Å². The Kier molecular flexibility index (Phi) is 3.79. The first-order valence-corrected chi connectivity index (χ1v) is 8.36. The van der Waals surface area contributed by atoms with Crippen molar-refractivity contribution in [2.24, 2.45) is 0 Å². The molecule has 1 aromatic heterocycles. The highest BCUT2D eigenvalue weighted by Gasteiger charge is 2.23. The summed E-state index contributed by atoms with van der Waals surface area (Å²) in [6.07, 6.45) is 5.48. The van der Waals surface area contributed by atoms with Crippen molar-refractivity contribution in [1.29, 1.82) is 5.26 Å². The zero-order valence-corrected chi connectivity index (χ0v) is 13.3. The fourth-order valence-electron chi connectivity index (χ4n) is 3.07. The molecule has 0 bridgehead atoms. The number of benzene rings is 1. The number of hydrogen-bond donors (Lipinski definition) is 0. The zero-order chi connectivity index (χ0) is 14.1. The molecule has 2 aromatic rings. The third kappa shape index (κ3) is 2.35. The van der Waals surface area contributed by atoms with Crippen molar-refractivity contribution in [3.8, 4) is 6.07 Å². The van der Waals surface area contributed by atoms with Crippen molar-refractivity contribution in [3.63, 3.8) is 0 Å². The van der Waals surface area contributed by atoms with Crippen LogP contribution >= 0.6 is 22.6 Å². The number of carbonyl (C=O) groups excluding carboxylic acids is 1. The van der Waals surface area contributed by atoms with Gasteiger partial charge in [0.15, 0.2) is 0 Å². The third-order valence-corrected chi connectivity index (χ3v) is 4.89. The molecule has 0 amide bonds. The number of ketones is 1. The first-order valence-electron chi connectivity index (χ1n) is 6.83. The molecule has 102 valence electrons. The van der Waals surface area contributed by atoms with Crippen LogP contribution < -0.4 is 0 Å². The van der Waals surface area contributed by atoms with Gasteiger partial charge in [-0.3, -0.25) is 4.79 Å². The Morgan fingerprint density at radius 1 is 1.35 bits per heavy atom. The zero-order valence-electron chi connectivity index (χ0n) is 11.1.